The molecule has 124 valence electrons. The molecule has 0 unspecified atom stereocenters. The Bertz CT molecular complexity index is 1040. The Hall–Kier alpha value is -1.82. The number of sulfone groups is 1. The summed E-state index contributed by atoms with van der Waals surface area (Å²) in [5.74, 6) is -1.07. The van der Waals surface area contributed by atoms with E-state index in [1.54, 1.807) is 12.1 Å². The molecular weight excluding hydrogens is 369 g/mol. The van der Waals surface area contributed by atoms with Crippen molar-refractivity contribution in [2.75, 3.05) is 12.0 Å². The van der Waals surface area contributed by atoms with Crippen molar-refractivity contribution in [1.29, 1.82) is 0 Å². The molecule has 0 saturated carbocycles. The number of H-pyrrole nitrogens is 1. The fraction of sp³-hybridized carbons (Fsp3) is 0.118. The number of aromatic amines is 1. The first-order valence-electron chi connectivity index (χ1n) is 7.03. The number of Topliss-reactive ketones (excluding diaryl/α,β-unsaturated/α-hetero) is 1. The molecule has 0 fully saturated rings. The van der Waals surface area contributed by atoms with Crippen molar-refractivity contribution in [1.82, 2.24) is 4.98 Å². The number of hydrogen-bond acceptors (Lipinski definition) is 3. The number of carbonyl (C=O) groups is 1. The molecule has 3 aromatic rings. The molecule has 0 aliphatic heterocycles. The molecule has 0 radical (unpaired) electrons. The van der Waals surface area contributed by atoms with Crippen LogP contribution < -0.4 is 0 Å². The monoisotopic (exact) mass is 381 g/mol. The summed E-state index contributed by atoms with van der Waals surface area (Å²) in [4.78, 5) is 15.5. The van der Waals surface area contributed by atoms with E-state index in [4.69, 9.17) is 23.2 Å². The smallest absolute Gasteiger partial charge is 0.194 e. The van der Waals surface area contributed by atoms with Gasteiger partial charge in [-0.3, -0.25) is 4.79 Å². The zero-order chi connectivity index (χ0) is 17.5. The average Bonchev–Trinajstić information content (AvgIpc) is 2.85. The second-order valence-electron chi connectivity index (χ2n) is 5.55. The molecule has 7 heteroatoms. The number of ketones is 1. The predicted molar refractivity (Wildman–Crippen MR) is 97.8 cm³/mol. The third kappa shape index (κ3) is 3.34. The Morgan fingerprint density at radius 3 is 2.33 bits per heavy atom. The van der Waals surface area contributed by atoms with Gasteiger partial charge < -0.3 is 4.98 Å². The maximum absolute atomic E-state index is 12.5. The SMILES string of the molecule is CS(=O)(=O)CC(=O)c1[nH]c2cc(Cl)c(Cl)cc2c1-c1ccccc1. The van der Waals surface area contributed by atoms with Crippen LogP contribution in [0.4, 0.5) is 0 Å². The van der Waals surface area contributed by atoms with Gasteiger partial charge in [-0.1, -0.05) is 53.5 Å². The minimum Gasteiger partial charge on any atom is -0.352 e. The number of hydrogen-bond donors (Lipinski definition) is 1. The third-order valence-corrected chi connectivity index (χ3v) is 5.08. The summed E-state index contributed by atoms with van der Waals surface area (Å²) in [6.07, 6.45) is 1.03. The van der Waals surface area contributed by atoms with Gasteiger partial charge in [0.25, 0.3) is 0 Å². The number of nitrogens with one attached hydrogen (secondary N) is 1. The molecule has 0 amide bonds. The normalized spacial score (nSPS) is 11.8. The predicted octanol–water partition coefficient (Wildman–Crippen LogP) is 4.37. The van der Waals surface area contributed by atoms with Gasteiger partial charge in [-0.15, -0.1) is 0 Å². The Morgan fingerprint density at radius 2 is 1.71 bits per heavy atom. The molecule has 0 aliphatic rings. The van der Waals surface area contributed by atoms with Crippen LogP contribution in [0.15, 0.2) is 42.5 Å². The second kappa shape index (κ2) is 6.24. The van der Waals surface area contributed by atoms with Crippen LogP contribution in [0.3, 0.4) is 0 Å². The average molecular weight is 382 g/mol. The summed E-state index contributed by atoms with van der Waals surface area (Å²) < 4.78 is 23.0. The van der Waals surface area contributed by atoms with Gasteiger partial charge >= 0.3 is 0 Å². The number of fused-ring (bicyclic) bond motifs is 1. The minimum absolute atomic E-state index is 0.236. The third-order valence-electron chi connectivity index (χ3n) is 3.57. The van der Waals surface area contributed by atoms with E-state index in [1.807, 2.05) is 30.3 Å². The summed E-state index contributed by atoms with van der Waals surface area (Å²) in [5, 5.41) is 1.43. The molecule has 0 bridgehead atoms. The van der Waals surface area contributed by atoms with E-state index in [9.17, 15) is 13.2 Å². The Kier molecular flexibility index (Phi) is 4.42. The van der Waals surface area contributed by atoms with Crippen LogP contribution in [0.1, 0.15) is 10.5 Å². The first-order chi connectivity index (χ1) is 11.3. The van der Waals surface area contributed by atoms with E-state index in [1.165, 1.54) is 0 Å². The van der Waals surface area contributed by atoms with Gasteiger partial charge in [-0.05, 0) is 17.7 Å². The van der Waals surface area contributed by atoms with Crippen LogP contribution >= 0.6 is 23.2 Å². The topological polar surface area (TPSA) is 67.0 Å². The lowest BCUT2D eigenvalue weighted by Gasteiger charge is -2.05. The number of aromatic nitrogens is 1. The number of rotatable bonds is 4. The van der Waals surface area contributed by atoms with Crippen molar-refractivity contribution in [3.8, 4) is 11.1 Å². The maximum Gasteiger partial charge on any atom is 0.194 e. The van der Waals surface area contributed by atoms with Crippen molar-refractivity contribution >= 4 is 49.7 Å². The molecule has 24 heavy (non-hydrogen) atoms. The lowest BCUT2D eigenvalue weighted by Crippen LogP contribution is -2.15. The van der Waals surface area contributed by atoms with Crippen LogP contribution in [0, 0.1) is 0 Å². The zero-order valence-corrected chi connectivity index (χ0v) is 15.0. The van der Waals surface area contributed by atoms with Gasteiger partial charge in [-0.2, -0.15) is 0 Å². The Morgan fingerprint density at radius 1 is 1.08 bits per heavy atom. The van der Waals surface area contributed by atoms with E-state index in [2.05, 4.69) is 4.98 Å². The molecular formula is C17H13Cl2NO3S. The maximum atomic E-state index is 12.5. The van der Waals surface area contributed by atoms with Crippen LogP contribution in [-0.2, 0) is 9.84 Å². The van der Waals surface area contributed by atoms with Crippen LogP contribution in [-0.4, -0.2) is 31.2 Å². The number of benzene rings is 2. The highest BCUT2D eigenvalue weighted by Gasteiger charge is 2.22. The van der Waals surface area contributed by atoms with E-state index >= 15 is 0 Å². The highest BCUT2D eigenvalue weighted by Crippen LogP contribution is 2.37. The summed E-state index contributed by atoms with van der Waals surface area (Å²) in [6, 6.07) is 12.6. The first-order valence-corrected chi connectivity index (χ1v) is 9.85. The van der Waals surface area contributed by atoms with Crippen molar-refractivity contribution in [2.45, 2.75) is 0 Å². The van der Waals surface area contributed by atoms with Gasteiger partial charge in [0.05, 0.1) is 15.7 Å². The standard InChI is InChI=1S/C17H13Cl2NO3S/c1-24(22,23)9-15(21)17-16(10-5-3-2-4-6-10)11-7-12(18)13(19)8-14(11)20-17/h2-8,20H,9H2,1H3. The van der Waals surface area contributed by atoms with Gasteiger partial charge in [0.15, 0.2) is 15.6 Å². The molecule has 1 N–H and O–H groups in total. The molecule has 2 aromatic carbocycles. The Labute approximate surface area is 149 Å². The molecule has 3 rings (SSSR count). The van der Waals surface area contributed by atoms with Gasteiger partial charge in [0.2, 0.25) is 0 Å². The van der Waals surface area contributed by atoms with Gasteiger partial charge in [0.1, 0.15) is 5.75 Å². The fourth-order valence-electron chi connectivity index (χ4n) is 2.61. The van der Waals surface area contributed by atoms with E-state index in [0.717, 1.165) is 11.8 Å². The lowest BCUT2D eigenvalue weighted by atomic mass is 10.0. The fourth-order valence-corrected chi connectivity index (χ4v) is 3.56. The summed E-state index contributed by atoms with van der Waals surface area (Å²) in [5.41, 5.74) is 2.27. The summed E-state index contributed by atoms with van der Waals surface area (Å²) in [7, 11) is -3.45. The number of carbonyl (C=O) groups excluding carboxylic acids is 1. The molecule has 1 aromatic heterocycles. The van der Waals surface area contributed by atoms with E-state index < -0.39 is 21.4 Å². The zero-order valence-electron chi connectivity index (χ0n) is 12.6. The molecule has 1 heterocycles. The Balaban J connectivity index is 2.30. The van der Waals surface area contributed by atoms with Crippen LogP contribution in [0.2, 0.25) is 10.0 Å². The molecule has 0 aliphatic carbocycles. The molecule has 0 spiro atoms. The van der Waals surface area contributed by atoms with Crippen LogP contribution in [0.25, 0.3) is 22.0 Å². The van der Waals surface area contributed by atoms with Gasteiger partial charge in [-0.25, -0.2) is 8.42 Å². The molecule has 4 nitrogen and oxygen atoms in total. The largest absolute Gasteiger partial charge is 0.352 e. The van der Waals surface area contributed by atoms with Crippen molar-refractivity contribution < 1.29 is 13.2 Å². The summed E-state index contributed by atoms with van der Waals surface area (Å²) >= 11 is 12.2. The van der Waals surface area contributed by atoms with Crippen molar-refractivity contribution in [3.63, 3.8) is 0 Å². The van der Waals surface area contributed by atoms with E-state index in [0.29, 0.717) is 26.5 Å². The van der Waals surface area contributed by atoms with E-state index in [-0.39, 0.29) is 5.69 Å². The second-order valence-corrected chi connectivity index (χ2v) is 8.50. The van der Waals surface area contributed by atoms with Crippen molar-refractivity contribution in [2.24, 2.45) is 0 Å². The highest BCUT2D eigenvalue weighted by molar-refractivity contribution is 7.91. The summed E-state index contributed by atoms with van der Waals surface area (Å²) in [6.45, 7) is 0. The van der Waals surface area contributed by atoms with Gasteiger partial charge in [0, 0.05) is 22.7 Å². The highest BCUT2D eigenvalue weighted by atomic mass is 35.5. The van der Waals surface area contributed by atoms with Crippen LogP contribution in [0.5, 0.6) is 0 Å². The lowest BCUT2D eigenvalue weighted by molar-refractivity contribution is 0.101. The minimum atomic E-state index is -3.45. The van der Waals surface area contributed by atoms with Crippen molar-refractivity contribution in [3.05, 3.63) is 58.2 Å². The molecule has 0 saturated heterocycles. The number of halogens is 2. The molecule has 0 atom stereocenters. The quantitative estimate of drug-likeness (QED) is 0.682. The first kappa shape index (κ1) is 17.0.